The zero-order chi connectivity index (χ0) is 12.0. The number of nitrogens with two attached hydrogens (primary N) is 1. The maximum atomic E-state index is 12.7. The van der Waals surface area contributed by atoms with E-state index in [0.29, 0.717) is 5.25 Å². The summed E-state index contributed by atoms with van der Waals surface area (Å²) in [5.41, 5.74) is 7.14. The molecule has 1 aromatic rings. The molecule has 0 saturated carbocycles. The fourth-order valence-electron chi connectivity index (χ4n) is 1.39. The van der Waals surface area contributed by atoms with E-state index in [2.05, 4.69) is 13.8 Å². The number of hydrogen-bond acceptors (Lipinski definition) is 2. The first-order valence-electron chi connectivity index (χ1n) is 5.73. The van der Waals surface area contributed by atoms with E-state index in [1.54, 1.807) is 0 Å². The van der Waals surface area contributed by atoms with Gasteiger partial charge in [-0.3, -0.25) is 0 Å². The first-order chi connectivity index (χ1) is 7.61. The van der Waals surface area contributed by atoms with E-state index in [1.807, 2.05) is 23.9 Å². The van der Waals surface area contributed by atoms with Gasteiger partial charge in [0.2, 0.25) is 0 Å². The third-order valence-corrected chi connectivity index (χ3v) is 4.10. The Bertz CT molecular complexity index is 299. The fraction of sp³-hybridized carbons (Fsp3) is 0.538. The third kappa shape index (κ3) is 4.99. The van der Waals surface area contributed by atoms with E-state index in [4.69, 9.17) is 5.73 Å². The first kappa shape index (κ1) is 13.5. The van der Waals surface area contributed by atoms with Gasteiger partial charge in [0.05, 0.1) is 0 Å². The van der Waals surface area contributed by atoms with Crippen LogP contribution in [0.1, 0.15) is 25.8 Å². The summed E-state index contributed by atoms with van der Waals surface area (Å²) >= 11 is 1.91. The van der Waals surface area contributed by atoms with E-state index in [-0.39, 0.29) is 11.9 Å². The Labute approximate surface area is 102 Å². The van der Waals surface area contributed by atoms with Gasteiger partial charge in [-0.25, -0.2) is 4.39 Å². The molecule has 0 spiro atoms. The van der Waals surface area contributed by atoms with Crippen molar-refractivity contribution >= 4 is 11.8 Å². The lowest BCUT2D eigenvalue weighted by Crippen LogP contribution is -2.26. The molecule has 0 bridgehead atoms. The van der Waals surface area contributed by atoms with Crippen LogP contribution in [0.15, 0.2) is 24.3 Å². The van der Waals surface area contributed by atoms with Crippen molar-refractivity contribution in [1.29, 1.82) is 0 Å². The molecule has 2 unspecified atom stereocenters. The Morgan fingerprint density at radius 1 is 1.31 bits per heavy atom. The molecule has 2 N–H and O–H groups in total. The molecule has 1 nitrogen and oxygen atoms in total. The van der Waals surface area contributed by atoms with Crippen molar-refractivity contribution in [1.82, 2.24) is 0 Å². The van der Waals surface area contributed by atoms with Gasteiger partial charge in [0.1, 0.15) is 5.82 Å². The van der Waals surface area contributed by atoms with Gasteiger partial charge in [-0.1, -0.05) is 26.0 Å². The molecule has 0 aliphatic rings. The minimum atomic E-state index is -0.189. The highest BCUT2D eigenvalue weighted by molar-refractivity contribution is 7.99. The van der Waals surface area contributed by atoms with Crippen LogP contribution in [0.3, 0.4) is 0 Å². The Kier molecular flexibility index (Phi) is 5.85. The van der Waals surface area contributed by atoms with E-state index in [9.17, 15) is 4.39 Å². The standard InChI is InChI=1S/C13H20FNS/c1-3-10(2)16-9-13(15)8-11-4-6-12(14)7-5-11/h4-7,10,13H,3,8-9,15H2,1-2H3. The summed E-state index contributed by atoms with van der Waals surface area (Å²) in [7, 11) is 0. The number of halogens is 1. The van der Waals surface area contributed by atoms with Crippen LogP contribution in [0.4, 0.5) is 4.39 Å². The predicted molar refractivity (Wildman–Crippen MR) is 70.3 cm³/mol. The molecule has 0 heterocycles. The van der Waals surface area contributed by atoms with Crippen LogP contribution >= 0.6 is 11.8 Å². The van der Waals surface area contributed by atoms with Gasteiger partial charge in [0.25, 0.3) is 0 Å². The predicted octanol–water partition coefficient (Wildman–Crippen LogP) is 3.23. The molecule has 2 atom stereocenters. The molecule has 0 fully saturated rings. The maximum absolute atomic E-state index is 12.7. The average molecular weight is 241 g/mol. The summed E-state index contributed by atoms with van der Waals surface area (Å²) in [4.78, 5) is 0. The summed E-state index contributed by atoms with van der Waals surface area (Å²) in [6.45, 7) is 4.40. The summed E-state index contributed by atoms with van der Waals surface area (Å²) in [6.07, 6.45) is 2.00. The van der Waals surface area contributed by atoms with E-state index in [0.717, 1.165) is 17.7 Å². The van der Waals surface area contributed by atoms with Crippen LogP contribution in [0.2, 0.25) is 0 Å². The molecular weight excluding hydrogens is 221 g/mol. The number of rotatable bonds is 6. The SMILES string of the molecule is CCC(C)SCC(N)Cc1ccc(F)cc1. The molecule has 0 saturated heterocycles. The normalized spacial score (nSPS) is 14.8. The third-order valence-electron chi connectivity index (χ3n) is 2.58. The van der Waals surface area contributed by atoms with Crippen molar-refractivity contribution < 1.29 is 4.39 Å². The Morgan fingerprint density at radius 3 is 2.50 bits per heavy atom. The lowest BCUT2D eigenvalue weighted by Gasteiger charge is -2.14. The smallest absolute Gasteiger partial charge is 0.123 e. The van der Waals surface area contributed by atoms with Gasteiger partial charge in [0, 0.05) is 17.0 Å². The Morgan fingerprint density at radius 2 is 1.94 bits per heavy atom. The lowest BCUT2D eigenvalue weighted by atomic mass is 10.1. The average Bonchev–Trinajstić information content (AvgIpc) is 2.29. The first-order valence-corrected chi connectivity index (χ1v) is 6.78. The van der Waals surface area contributed by atoms with Gasteiger partial charge >= 0.3 is 0 Å². The maximum Gasteiger partial charge on any atom is 0.123 e. The summed E-state index contributed by atoms with van der Waals surface area (Å²) < 4.78 is 12.7. The van der Waals surface area contributed by atoms with Crippen LogP contribution < -0.4 is 5.73 Å². The van der Waals surface area contributed by atoms with Gasteiger partial charge in [-0.2, -0.15) is 11.8 Å². The fourth-order valence-corrected chi connectivity index (χ4v) is 2.32. The summed E-state index contributed by atoms with van der Waals surface area (Å²) in [6, 6.07) is 6.75. The van der Waals surface area contributed by atoms with Crippen LogP contribution in [0.5, 0.6) is 0 Å². The monoisotopic (exact) mass is 241 g/mol. The van der Waals surface area contributed by atoms with Crippen LogP contribution in [-0.2, 0) is 6.42 Å². The highest BCUT2D eigenvalue weighted by Gasteiger charge is 2.07. The second kappa shape index (κ2) is 6.92. The summed E-state index contributed by atoms with van der Waals surface area (Å²) in [5.74, 6) is 0.776. The zero-order valence-corrected chi connectivity index (χ0v) is 10.8. The van der Waals surface area contributed by atoms with Crippen molar-refractivity contribution in [3.8, 4) is 0 Å². The quantitative estimate of drug-likeness (QED) is 0.827. The molecule has 0 aliphatic carbocycles. The van der Waals surface area contributed by atoms with Gasteiger partial charge in [0.15, 0.2) is 0 Å². The molecule has 1 rings (SSSR count). The van der Waals surface area contributed by atoms with Crippen molar-refractivity contribution in [2.75, 3.05) is 5.75 Å². The van der Waals surface area contributed by atoms with Gasteiger partial charge in [-0.15, -0.1) is 0 Å². The second-order valence-electron chi connectivity index (χ2n) is 4.14. The van der Waals surface area contributed by atoms with Crippen LogP contribution in [-0.4, -0.2) is 17.0 Å². The molecule has 0 aliphatic heterocycles. The van der Waals surface area contributed by atoms with E-state index < -0.39 is 0 Å². The van der Waals surface area contributed by atoms with Crippen LogP contribution in [0, 0.1) is 5.82 Å². The minimum Gasteiger partial charge on any atom is -0.327 e. The van der Waals surface area contributed by atoms with Crippen molar-refractivity contribution in [2.24, 2.45) is 5.73 Å². The Balaban J connectivity index is 2.33. The lowest BCUT2D eigenvalue weighted by molar-refractivity contribution is 0.626. The van der Waals surface area contributed by atoms with E-state index >= 15 is 0 Å². The van der Waals surface area contributed by atoms with Crippen molar-refractivity contribution in [3.05, 3.63) is 35.6 Å². The molecule has 0 aromatic heterocycles. The molecule has 16 heavy (non-hydrogen) atoms. The molecule has 0 radical (unpaired) electrons. The second-order valence-corrected chi connectivity index (χ2v) is 5.61. The highest BCUT2D eigenvalue weighted by atomic mass is 32.2. The van der Waals surface area contributed by atoms with Crippen molar-refractivity contribution in [3.63, 3.8) is 0 Å². The minimum absolute atomic E-state index is 0.157. The van der Waals surface area contributed by atoms with Gasteiger partial charge < -0.3 is 5.73 Å². The summed E-state index contributed by atoms with van der Waals surface area (Å²) in [5, 5.41) is 0.666. The number of hydrogen-bond donors (Lipinski definition) is 1. The topological polar surface area (TPSA) is 26.0 Å². The molecule has 3 heteroatoms. The zero-order valence-electron chi connectivity index (χ0n) is 9.95. The highest BCUT2D eigenvalue weighted by Crippen LogP contribution is 2.15. The Hall–Kier alpha value is -0.540. The molecule has 90 valence electrons. The van der Waals surface area contributed by atoms with E-state index in [1.165, 1.54) is 18.6 Å². The van der Waals surface area contributed by atoms with Crippen molar-refractivity contribution in [2.45, 2.75) is 38.0 Å². The van der Waals surface area contributed by atoms with Gasteiger partial charge in [-0.05, 0) is 30.5 Å². The largest absolute Gasteiger partial charge is 0.327 e. The molecule has 0 amide bonds. The molecular formula is C13H20FNS. The molecule has 1 aromatic carbocycles. The van der Waals surface area contributed by atoms with Crippen LogP contribution in [0.25, 0.3) is 0 Å². The number of thioether (sulfide) groups is 1. The number of benzene rings is 1.